The zero-order valence-electron chi connectivity index (χ0n) is 9.35. The molecular formula is C13H10ClN3O. The van der Waals surface area contributed by atoms with Crippen LogP contribution in [0.1, 0.15) is 0 Å². The number of benzene rings is 2. The van der Waals surface area contributed by atoms with Crippen molar-refractivity contribution < 1.29 is 0 Å². The van der Waals surface area contributed by atoms with Crippen molar-refractivity contribution >= 4 is 28.2 Å². The molecule has 90 valence electrons. The monoisotopic (exact) mass is 259 g/mol. The van der Waals surface area contributed by atoms with Crippen LogP contribution in [0.2, 0.25) is 5.02 Å². The smallest absolute Gasteiger partial charge is 0.274 e. The van der Waals surface area contributed by atoms with E-state index in [2.05, 4.69) is 5.10 Å². The van der Waals surface area contributed by atoms with Crippen molar-refractivity contribution in [1.82, 2.24) is 9.78 Å². The zero-order chi connectivity index (χ0) is 12.7. The highest BCUT2D eigenvalue weighted by Gasteiger charge is 2.09. The Kier molecular flexibility index (Phi) is 2.38. The van der Waals surface area contributed by atoms with Gasteiger partial charge in [-0.25, -0.2) is 0 Å². The number of halogens is 1. The summed E-state index contributed by atoms with van der Waals surface area (Å²) in [6.45, 7) is 0. The molecule has 0 atom stereocenters. The Morgan fingerprint density at radius 1 is 1.11 bits per heavy atom. The molecule has 0 aliphatic carbocycles. The first kappa shape index (κ1) is 10.9. The van der Waals surface area contributed by atoms with E-state index in [1.165, 1.54) is 0 Å². The lowest BCUT2D eigenvalue weighted by atomic mass is 10.2. The van der Waals surface area contributed by atoms with Crippen molar-refractivity contribution in [3.05, 3.63) is 57.8 Å². The molecule has 1 heterocycles. The second kappa shape index (κ2) is 3.92. The summed E-state index contributed by atoms with van der Waals surface area (Å²) in [6, 6.07) is 12.6. The number of aromatic amines is 1. The largest absolute Gasteiger partial charge is 0.398 e. The minimum absolute atomic E-state index is 0.196. The molecule has 0 aliphatic rings. The van der Waals surface area contributed by atoms with Crippen LogP contribution in [-0.2, 0) is 0 Å². The van der Waals surface area contributed by atoms with Gasteiger partial charge in [0.05, 0.1) is 16.6 Å². The van der Waals surface area contributed by atoms with Crippen LogP contribution in [0.15, 0.2) is 47.3 Å². The summed E-state index contributed by atoms with van der Waals surface area (Å²) in [4.78, 5) is 11.9. The van der Waals surface area contributed by atoms with Gasteiger partial charge in [0.15, 0.2) is 0 Å². The highest BCUT2D eigenvalue weighted by Crippen LogP contribution is 2.20. The van der Waals surface area contributed by atoms with E-state index in [1.807, 2.05) is 24.3 Å². The van der Waals surface area contributed by atoms with E-state index in [4.69, 9.17) is 17.3 Å². The Balaban J connectivity index is 2.34. The SMILES string of the molecule is Nc1cccc2c1c(=O)[nH]n2-c1ccc(Cl)cc1. The van der Waals surface area contributed by atoms with Gasteiger partial charge in [0, 0.05) is 10.7 Å². The van der Waals surface area contributed by atoms with Crippen LogP contribution in [0.5, 0.6) is 0 Å². The van der Waals surface area contributed by atoms with Crippen molar-refractivity contribution in [2.75, 3.05) is 5.73 Å². The molecule has 0 saturated heterocycles. The van der Waals surface area contributed by atoms with Crippen LogP contribution in [-0.4, -0.2) is 9.78 Å². The summed E-state index contributed by atoms with van der Waals surface area (Å²) in [5.41, 5.74) is 7.68. The number of hydrogen-bond acceptors (Lipinski definition) is 2. The lowest BCUT2D eigenvalue weighted by molar-refractivity contribution is 0.891. The lowest BCUT2D eigenvalue weighted by Crippen LogP contribution is -2.04. The van der Waals surface area contributed by atoms with E-state index in [0.29, 0.717) is 16.1 Å². The van der Waals surface area contributed by atoms with E-state index in [-0.39, 0.29) is 5.56 Å². The van der Waals surface area contributed by atoms with Crippen LogP contribution in [0.3, 0.4) is 0 Å². The van der Waals surface area contributed by atoms with Gasteiger partial charge in [-0.15, -0.1) is 0 Å². The highest BCUT2D eigenvalue weighted by atomic mass is 35.5. The van der Waals surface area contributed by atoms with Gasteiger partial charge in [-0.1, -0.05) is 17.7 Å². The average Bonchev–Trinajstić information content (AvgIpc) is 2.69. The fraction of sp³-hybridized carbons (Fsp3) is 0. The Hall–Kier alpha value is -2.20. The molecule has 3 N–H and O–H groups in total. The summed E-state index contributed by atoms with van der Waals surface area (Å²) in [6.07, 6.45) is 0. The van der Waals surface area contributed by atoms with Crippen molar-refractivity contribution in [2.24, 2.45) is 0 Å². The number of anilines is 1. The van der Waals surface area contributed by atoms with Gasteiger partial charge in [-0.3, -0.25) is 14.6 Å². The third kappa shape index (κ3) is 1.58. The molecule has 18 heavy (non-hydrogen) atoms. The van der Waals surface area contributed by atoms with Crippen molar-refractivity contribution in [3.63, 3.8) is 0 Å². The maximum Gasteiger partial charge on any atom is 0.274 e. The van der Waals surface area contributed by atoms with Crippen molar-refractivity contribution in [3.8, 4) is 5.69 Å². The van der Waals surface area contributed by atoms with Crippen LogP contribution < -0.4 is 11.3 Å². The van der Waals surface area contributed by atoms with Crippen molar-refractivity contribution in [1.29, 1.82) is 0 Å². The van der Waals surface area contributed by atoms with E-state index in [0.717, 1.165) is 11.2 Å². The fourth-order valence-electron chi connectivity index (χ4n) is 2.00. The molecule has 0 bridgehead atoms. The number of hydrogen-bond donors (Lipinski definition) is 2. The van der Waals surface area contributed by atoms with E-state index >= 15 is 0 Å². The Morgan fingerprint density at radius 3 is 2.56 bits per heavy atom. The van der Waals surface area contributed by atoms with E-state index < -0.39 is 0 Å². The van der Waals surface area contributed by atoms with Gasteiger partial charge in [-0.2, -0.15) is 0 Å². The topological polar surface area (TPSA) is 63.8 Å². The van der Waals surface area contributed by atoms with Crippen LogP contribution >= 0.6 is 11.6 Å². The first-order valence-electron chi connectivity index (χ1n) is 5.42. The molecule has 0 saturated carbocycles. The molecule has 2 aromatic carbocycles. The van der Waals surface area contributed by atoms with Crippen LogP contribution in [0, 0.1) is 0 Å². The molecule has 3 rings (SSSR count). The molecule has 0 amide bonds. The third-order valence-corrected chi connectivity index (χ3v) is 3.09. The van der Waals surface area contributed by atoms with Gasteiger partial charge < -0.3 is 5.73 Å². The summed E-state index contributed by atoms with van der Waals surface area (Å²) in [5, 5.41) is 3.92. The average molecular weight is 260 g/mol. The Labute approximate surface area is 108 Å². The molecular weight excluding hydrogens is 250 g/mol. The molecule has 0 fully saturated rings. The summed E-state index contributed by atoms with van der Waals surface area (Å²) in [7, 11) is 0. The predicted molar refractivity (Wildman–Crippen MR) is 73.3 cm³/mol. The molecule has 1 aromatic heterocycles. The number of nitrogens with zero attached hydrogens (tertiary/aromatic N) is 1. The Morgan fingerprint density at radius 2 is 1.83 bits per heavy atom. The summed E-state index contributed by atoms with van der Waals surface area (Å²) in [5.74, 6) is 0. The second-order valence-electron chi connectivity index (χ2n) is 3.99. The zero-order valence-corrected chi connectivity index (χ0v) is 10.1. The van der Waals surface area contributed by atoms with Gasteiger partial charge in [0.2, 0.25) is 0 Å². The number of aromatic nitrogens is 2. The Bertz CT molecular complexity index is 771. The molecule has 5 heteroatoms. The van der Waals surface area contributed by atoms with Crippen molar-refractivity contribution in [2.45, 2.75) is 0 Å². The number of nitrogens with two attached hydrogens (primary N) is 1. The molecule has 0 spiro atoms. The predicted octanol–water partition coefficient (Wildman–Crippen LogP) is 2.55. The molecule has 0 radical (unpaired) electrons. The molecule has 0 aliphatic heterocycles. The fourth-order valence-corrected chi connectivity index (χ4v) is 2.13. The standard InChI is InChI=1S/C13H10ClN3O/c14-8-4-6-9(7-5-8)17-11-3-1-2-10(15)12(11)13(18)16-17/h1-7H,15H2,(H,16,18). The minimum Gasteiger partial charge on any atom is -0.398 e. The number of nitrogen functional groups attached to an aromatic ring is 1. The van der Waals surface area contributed by atoms with Crippen LogP contribution in [0.4, 0.5) is 5.69 Å². The first-order chi connectivity index (χ1) is 8.66. The van der Waals surface area contributed by atoms with Gasteiger partial charge in [0.25, 0.3) is 5.56 Å². The number of rotatable bonds is 1. The summed E-state index contributed by atoms with van der Waals surface area (Å²) < 4.78 is 1.70. The van der Waals surface area contributed by atoms with Gasteiger partial charge in [0.1, 0.15) is 0 Å². The molecule has 0 unspecified atom stereocenters. The van der Waals surface area contributed by atoms with E-state index in [1.54, 1.807) is 22.9 Å². The molecule has 4 nitrogen and oxygen atoms in total. The van der Waals surface area contributed by atoms with Gasteiger partial charge >= 0.3 is 0 Å². The minimum atomic E-state index is -0.196. The number of fused-ring (bicyclic) bond motifs is 1. The van der Waals surface area contributed by atoms with Gasteiger partial charge in [-0.05, 0) is 36.4 Å². The quantitative estimate of drug-likeness (QED) is 0.660. The normalized spacial score (nSPS) is 10.9. The maximum atomic E-state index is 11.9. The summed E-state index contributed by atoms with van der Waals surface area (Å²) >= 11 is 5.85. The number of H-pyrrole nitrogens is 1. The number of nitrogens with one attached hydrogen (secondary N) is 1. The van der Waals surface area contributed by atoms with E-state index in [9.17, 15) is 4.79 Å². The van der Waals surface area contributed by atoms with Crippen LogP contribution in [0.25, 0.3) is 16.6 Å². The lowest BCUT2D eigenvalue weighted by Gasteiger charge is -2.04. The second-order valence-corrected chi connectivity index (χ2v) is 4.43. The highest BCUT2D eigenvalue weighted by molar-refractivity contribution is 6.30. The molecule has 3 aromatic rings. The third-order valence-electron chi connectivity index (χ3n) is 2.84. The first-order valence-corrected chi connectivity index (χ1v) is 5.80. The maximum absolute atomic E-state index is 11.9.